The van der Waals surface area contributed by atoms with Crippen LogP contribution >= 0.6 is 0 Å². The Kier molecular flexibility index (Phi) is 3.63. The molecular weight excluding hydrogens is 210 g/mol. The molecule has 1 N–H and O–H groups in total. The van der Waals surface area contributed by atoms with Gasteiger partial charge in [-0.3, -0.25) is 9.52 Å². The molecule has 0 aliphatic carbocycles. The second kappa shape index (κ2) is 4.57. The largest absolute Gasteiger partial charge is 0.271 e. The van der Waals surface area contributed by atoms with Crippen LogP contribution in [0.4, 0.5) is 0 Å². The molecule has 1 rings (SSSR count). The predicted octanol–water partition coefficient (Wildman–Crippen LogP) is 1.88. The van der Waals surface area contributed by atoms with Crippen LogP contribution in [-0.4, -0.2) is 14.9 Å². The van der Waals surface area contributed by atoms with E-state index in [1.165, 1.54) is 0 Å². The fourth-order valence-electron chi connectivity index (χ4n) is 0.886. The van der Waals surface area contributed by atoms with Crippen molar-refractivity contribution in [1.82, 2.24) is 4.72 Å². The molecule has 4 heteroatoms. The molecule has 1 amide bonds. The molecule has 0 aliphatic heterocycles. The molecule has 0 radical (unpaired) electrons. The van der Waals surface area contributed by atoms with Crippen molar-refractivity contribution in [2.75, 3.05) is 0 Å². The summed E-state index contributed by atoms with van der Waals surface area (Å²) < 4.78 is 13.7. The summed E-state index contributed by atoms with van der Waals surface area (Å²) in [5.74, 6) is -0.302. The molecule has 0 bridgehead atoms. The van der Waals surface area contributed by atoms with Crippen LogP contribution < -0.4 is 4.72 Å². The number of hydrogen-bond donors (Lipinski definition) is 1. The van der Waals surface area contributed by atoms with Gasteiger partial charge in [-0.25, -0.2) is 4.21 Å². The first-order valence-electron chi connectivity index (χ1n) is 4.69. The van der Waals surface area contributed by atoms with Crippen molar-refractivity contribution in [2.24, 2.45) is 0 Å². The average Bonchev–Trinajstić information content (AvgIpc) is 2.17. The zero-order valence-corrected chi connectivity index (χ0v) is 9.93. The number of benzene rings is 1. The van der Waals surface area contributed by atoms with Gasteiger partial charge >= 0.3 is 0 Å². The summed E-state index contributed by atoms with van der Waals surface area (Å²) in [4.78, 5) is 11.6. The van der Waals surface area contributed by atoms with Gasteiger partial charge in [0, 0.05) is 5.56 Å². The summed E-state index contributed by atoms with van der Waals surface area (Å²) in [5.41, 5.74) is 0.523. The monoisotopic (exact) mass is 225 g/mol. The highest BCUT2D eigenvalue weighted by Crippen LogP contribution is 2.09. The Morgan fingerprint density at radius 3 is 2.20 bits per heavy atom. The summed E-state index contributed by atoms with van der Waals surface area (Å²) in [6.07, 6.45) is 0. The van der Waals surface area contributed by atoms with Crippen molar-refractivity contribution < 1.29 is 9.00 Å². The fraction of sp³-hybridized carbons (Fsp3) is 0.364. The van der Waals surface area contributed by atoms with E-state index in [2.05, 4.69) is 4.72 Å². The Bertz CT molecular complexity index is 368. The quantitative estimate of drug-likeness (QED) is 0.835. The number of amides is 1. The van der Waals surface area contributed by atoms with Gasteiger partial charge in [-0.1, -0.05) is 18.2 Å². The average molecular weight is 225 g/mol. The van der Waals surface area contributed by atoms with E-state index >= 15 is 0 Å². The van der Waals surface area contributed by atoms with Crippen molar-refractivity contribution in [1.29, 1.82) is 0 Å². The summed E-state index contributed by atoms with van der Waals surface area (Å²) >= 11 is 0. The number of nitrogens with one attached hydrogen (secondary N) is 1. The van der Waals surface area contributed by atoms with Crippen LogP contribution in [0.25, 0.3) is 0 Å². The molecule has 1 aromatic rings. The van der Waals surface area contributed by atoms with Gasteiger partial charge in [-0.2, -0.15) is 0 Å². The van der Waals surface area contributed by atoms with E-state index in [4.69, 9.17) is 0 Å². The zero-order valence-electron chi connectivity index (χ0n) is 9.11. The van der Waals surface area contributed by atoms with Crippen molar-refractivity contribution in [3.63, 3.8) is 0 Å². The lowest BCUT2D eigenvalue weighted by Crippen LogP contribution is -2.37. The molecule has 0 unspecified atom stereocenters. The maximum Gasteiger partial charge on any atom is 0.262 e. The highest BCUT2D eigenvalue weighted by atomic mass is 32.2. The molecule has 0 saturated heterocycles. The van der Waals surface area contributed by atoms with Crippen LogP contribution in [0, 0.1) is 0 Å². The summed E-state index contributed by atoms with van der Waals surface area (Å²) in [6, 6.07) is 8.76. The normalized spacial score (nSPS) is 13.3. The summed E-state index contributed by atoms with van der Waals surface area (Å²) in [5, 5.41) is 0. The van der Waals surface area contributed by atoms with Gasteiger partial charge < -0.3 is 0 Å². The van der Waals surface area contributed by atoms with Gasteiger partial charge in [0.05, 0.1) is 4.75 Å². The first kappa shape index (κ1) is 11.9. The van der Waals surface area contributed by atoms with E-state index in [0.717, 1.165) is 0 Å². The minimum atomic E-state index is -1.37. The smallest absolute Gasteiger partial charge is 0.262 e. The number of carbonyl (C=O) groups excluding carboxylic acids is 1. The Morgan fingerprint density at radius 1 is 1.20 bits per heavy atom. The molecule has 3 nitrogen and oxygen atoms in total. The zero-order chi connectivity index (χ0) is 11.5. The third kappa shape index (κ3) is 3.47. The molecule has 0 heterocycles. The maximum absolute atomic E-state index is 11.6. The van der Waals surface area contributed by atoms with Gasteiger partial charge in [-0.15, -0.1) is 0 Å². The standard InChI is InChI=1S/C11H15NO2S/c1-11(2,3)15(14)12-10(13)9-7-5-4-6-8-9/h4-8H,1-3H3,(H,12,13)/t15-/m1/s1. The van der Waals surface area contributed by atoms with E-state index in [-0.39, 0.29) is 5.91 Å². The highest BCUT2D eigenvalue weighted by molar-refractivity contribution is 7.85. The van der Waals surface area contributed by atoms with E-state index in [1.807, 2.05) is 26.8 Å². The van der Waals surface area contributed by atoms with Crippen LogP contribution in [0.2, 0.25) is 0 Å². The van der Waals surface area contributed by atoms with E-state index in [9.17, 15) is 9.00 Å². The Morgan fingerprint density at radius 2 is 1.73 bits per heavy atom. The van der Waals surface area contributed by atoms with Gasteiger partial charge in [0.2, 0.25) is 0 Å². The van der Waals surface area contributed by atoms with Crippen molar-refractivity contribution in [3.05, 3.63) is 35.9 Å². The Balaban J connectivity index is 2.70. The second-order valence-electron chi connectivity index (χ2n) is 4.18. The van der Waals surface area contributed by atoms with E-state index < -0.39 is 15.7 Å². The van der Waals surface area contributed by atoms with Crippen LogP contribution in [0.3, 0.4) is 0 Å². The lowest BCUT2D eigenvalue weighted by Gasteiger charge is -2.17. The third-order valence-electron chi connectivity index (χ3n) is 1.78. The second-order valence-corrected chi connectivity index (χ2v) is 6.14. The fourth-order valence-corrected chi connectivity index (χ4v) is 1.48. The molecule has 15 heavy (non-hydrogen) atoms. The van der Waals surface area contributed by atoms with Gasteiger partial charge in [0.1, 0.15) is 11.0 Å². The predicted molar refractivity (Wildman–Crippen MR) is 61.8 cm³/mol. The van der Waals surface area contributed by atoms with Crippen molar-refractivity contribution in [3.8, 4) is 0 Å². The van der Waals surface area contributed by atoms with Gasteiger partial charge in [0.15, 0.2) is 0 Å². The molecule has 0 aliphatic rings. The summed E-state index contributed by atoms with van der Waals surface area (Å²) in [6.45, 7) is 5.44. The Hall–Kier alpha value is -1.16. The van der Waals surface area contributed by atoms with Crippen molar-refractivity contribution in [2.45, 2.75) is 25.5 Å². The molecule has 82 valence electrons. The van der Waals surface area contributed by atoms with Crippen LogP contribution in [0.1, 0.15) is 31.1 Å². The number of carbonyl (C=O) groups is 1. The van der Waals surface area contributed by atoms with E-state index in [0.29, 0.717) is 5.56 Å². The summed E-state index contributed by atoms with van der Waals surface area (Å²) in [7, 11) is -1.37. The van der Waals surface area contributed by atoms with Crippen LogP contribution in [0.5, 0.6) is 0 Å². The molecule has 1 aromatic carbocycles. The SMILES string of the molecule is CC(C)(C)[S@@](=O)NC(=O)c1ccccc1. The lowest BCUT2D eigenvalue weighted by molar-refractivity contribution is 0.0982. The molecule has 0 spiro atoms. The molecule has 0 fully saturated rings. The highest BCUT2D eigenvalue weighted by Gasteiger charge is 2.21. The van der Waals surface area contributed by atoms with E-state index in [1.54, 1.807) is 24.3 Å². The molecule has 0 aromatic heterocycles. The van der Waals surface area contributed by atoms with Gasteiger partial charge in [-0.05, 0) is 32.9 Å². The topological polar surface area (TPSA) is 46.2 Å². The van der Waals surface area contributed by atoms with Crippen LogP contribution in [-0.2, 0) is 11.0 Å². The minimum absolute atomic E-state index is 0.302. The van der Waals surface area contributed by atoms with Gasteiger partial charge in [0.25, 0.3) is 5.91 Å². The Labute approximate surface area is 92.5 Å². The molecule has 0 saturated carbocycles. The third-order valence-corrected chi connectivity index (χ3v) is 3.26. The number of rotatable bonds is 2. The first-order valence-corrected chi connectivity index (χ1v) is 5.84. The first-order chi connectivity index (χ1) is 6.91. The lowest BCUT2D eigenvalue weighted by atomic mass is 10.2. The maximum atomic E-state index is 11.6. The molecular formula is C11H15NO2S. The minimum Gasteiger partial charge on any atom is -0.271 e. The van der Waals surface area contributed by atoms with Crippen molar-refractivity contribution >= 4 is 16.9 Å². The molecule has 1 atom stereocenters. The van der Waals surface area contributed by atoms with Crippen LogP contribution in [0.15, 0.2) is 30.3 Å². The number of hydrogen-bond acceptors (Lipinski definition) is 2.